The van der Waals surface area contributed by atoms with Crippen LogP contribution < -0.4 is 0 Å². The van der Waals surface area contributed by atoms with Crippen molar-refractivity contribution in [1.82, 2.24) is 14.9 Å². The minimum atomic E-state index is 0.177. The molecule has 0 N–H and O–H groups in total. The van der Waals surface area contributed by atoms with Gasteiger partial charge in [0.1, 0.15) is 4.60 Å². The van der Waals surface area contributed by atoms with E-state index in [1.54, 1.807) is 19.3 Å². The van der Waals surface area contributed by atoms with Gasteiger partial charge in [-0.1, -0.05) is 0 Å². The first-order valence-corrected chi connectivity index (χ1v) is 6.66. The summed E-state index contributed by atoms with van der Waals surface area (Å²) in [5, 5.41) is 0. The zero-order chi connectivity index (χ0) is 12.3. The molecule has 1 fully saturated rings. The van der Waals surface area contributed by atoms with Crippen LogP contribution in [-0.2, 0) is 11.2 Å². The van der Waals surface area contributed by atoms with E-state index in [0.29, 0.717) is 5.92 Å². The van der Waals surface area contributed by atoms with E-state index in [0.717, 1.165) is 36.2 Å². The molecule has 0 spiro atoms. The maximum atomic E-state index is 11.3. The van der Waals surface area contributed by atoms with Crippen LogP contribution in [0.1, 0.15) is 25.5 Å². The highest BCUT2D eigenvalue weighted by Crippen LogP contribution is 2.20. The topological polar surface area (TPSA) is 46.1 Å². The molecule has 2 rings (SSSR count). The largest absolute Gasteiger partial charge is 0.343 e. The number of aromatic nitrogens is 2. The Morgan fingerprint density at radius 3 is 3.00 bits per heavy atom. The van der Waals surface area contributed by atoms with Gasteiger partial charge < -0.3 is 4.90 Å². The number of nitrogens with zero attached hydrogens (tertiary/aromatic N) is 3. The Balaban J connectivity index is 1.94. The molecule has 92 valence electrons. The number of hydrogen-bond acceptors (Lipinski definition) is 3. The van der Waals surface area contributed by atoms with Gasteiger partial charge in [-0.15, -0.1) is 0 Å². The number of carbonyl (C=O) groups excluding carboxylic acids is 1. The van der Waals surface area contributed by atoms with Crippen LogP contribution in [0.2, 0.25) is 0 Å². The summed E-state index contributed by atoms with van der Waals surface area (Å²) in [7, 11) is 0. The van der Waals surface area contributed by atoms with E-state index in [9.17, 15) is 4.79 Å². The van der Waals surface area contributed by atoms with Gasteiger partial charge in [0.05, 0.1) is 11.9 Å². The summed E-state index contributed by atoms with van der Waals surface area (Å²) in [6.07, 6.45) is 6.69. The van der Waals surface area contributed by atoms with Crippen LogP contribution in [0.15, 0.2) is 17.0 Å². The summed E-state index contributed by atoms with van der Waals surface area (Å²) in [6, 6.07) is 0. The zero-order valence-corrected chi connectivity index (χ0v) is 11.5. The van der Waals surface area contributed by atoms with Crippen LogP contribution in [0, 0.1) is 5.92 Å². The fourth-order valence-corrected chi connectivity index (χ4v) is 2.46. The van der Waals surface area contributed by atoms with Crippen molar-refractivity contribution < 1.29 is 4.79 Å². The maximum absolute atomic E-state index is 11.3. The lowest BCUT2D eigenvalue weighted by atomic mass is 9.93. The van der Waals surface area contributed by atoms with Gasteiger partial charge >= 0.3 is 0 Å². The summed E-state index contributed by atoms with van der Waals surface area (Å²) in [5.74, 6) is 0.694. The number of hydrogen-bond donors (Lipinski definition) is 0. The molecule has 0 saturated carbocycles. The summed E-state index contributed by atoms with van der Waals surface area (Å²) in [4.78, 5) is 21.8. The number of likely N-dealkylation sites (tertiary alicyclic amines) is 1. The highest BCUT2D eigenvalue weighted by Gasteiger charge is 2.21. The predicted octanol–water partition coefficient (Wildman–Crippen LogP) is 2.04. The third kappa shape index (κ3) is 3.49. The average molecular weight is 298 g/mol. The molecule has 4 nitrogen and oxygen atoms in total. The average Bonchev–Trinajstić information content (AvgIpc) is 2.32. The lowest BCUT2D eigenvalue weighted by Gasteiger charge is -2.31. The second kappa shape index (κ2) is 5.58. The molecule has 1 aliphatic rings. The Bertz CT molecular complexity index is 393. The van der Waals surface area contributed by atoms with Crippen LogP contribution >= 0.6 is 15.9 Å². The van der Waals surface area contributed by atoms with Gasteiger partial charge in [-0.2, -0.15) is 0 Å². The lowest BCUT2D eigenvalue weighted by Crippen LogP contribution is -2.39. The van der Waals surface area contributed by atoms with Crippen LogP contribution in [0.25, 0.3) is 0 Å². The Morgan fingerprint density at radius 2 is 2.35 bits per heavy atom. The van der Waals surface area contributed by atoms with Gasteiger partial charge in [-0.05, 0) is 41.1 Å². The van der Waals surface area contributed by atoms with E-state index < -0.39 is 0 Å². The smallest absolute Gasteiger partial charge is 0.219 e. The van der Waals surface area contributed by atoms with Gasteiger partial charge in [-0.25, -0.2) is 4.98 Å². The third-order valence-electron chi connectivity index (χ3n) is 3.14. The number of rotatable bonds is 2. The molecule has 1 aliphatic heterocycles. The Hall–Kier alpha value is -0.970. The highest BCUT2D eigenvalue weighted by molar-refractivity contribution is 9.10. The maximum Gasteiger partial charge on any atom is 0.219 e. The summed E-state index contributed by atoms with van der Waals surface area (Å²) in [5.41, 5.74) is 1.00. The lowest BCUT2D eigenvalue weighted by molar-refractivity contribution is -0.130. The second-order valence-corrected chi connectivity index (χ2v) is 5.32. The SMILES string of the molecule is CC(=O)N1CCC[C@H](Cc2cnc(Br)cn2)C1. The van der Waals surface area contributed by atoms with Crippen molar-refractivity contribution in [2.24, 2.45) is 5.92 Å². The van der Waals surface area contributed by atoms with Crippen molar-refractivity contribution in [3.05, 3.63) is 22.7 Å². The summed E-state index contributed by atoms with van der Waals surface area (Å²) >= 11 is 3.27. The molecule has 1 atom stereocenters. The first-order chi connectivity index (χ1) is 8.15. The van der Waals surface area contributed by atoms with Crippen LogP contribution in [0.4, 0.5) is 0 Å². The summed E-state index contributed by atoms with van der Waals surface area (Å²) in [6.45, 7) is 3.40. The van der Waals surface area contributed by atoms with E-state index in [2.05, 4.69) is 25.9 Å². The Kier molecular flexibility index (Phi) is 4.10. The van der Waals surface area contributed by atoms with Crippen molar-refractivity contribution in [3.8, 4) is 0 Å². The highest BCUT2D eigenvalue weighted by atomic mass is 79.9. The van der Waals surface area contributed by atoms with Crippen molar-refractivity contribution in [2.75, 3.05) is 13.1 Å². The fraction of sp³-hybridized carbons (Fsp3) is 0.583. The van der Waals surface area contributed by atoms with Gasteiger partial charge in [-0.3, -0.25) is 9.78 Å². The normalized spacial score (nSPS) is 20.4. The van der Waals surface area contributed by atoms with Crippen molar-refractivity contribution in [2.45, 2.75) is 26.2 Å². The molecule has 1 aromatic heterocycles. The molecule has 0 bridgehead atoms. The van der Waals surface area contributed by atoms with E-state index in [4.69, 9.17) is 0 Å². The number of carbonyl (C=O) groups is 1. The van der Waals surface area contributed by atoms with E-state index >= 15 is 0 Å². The molecular weight excluding hydrogens is 282 g/mol. The van der Waals surface area contributed by atoms with Crippen molar-refractivity contribution in [1.29, 1.82) is 0 Å². The Morgan fingerprint density at radius 1 is 1.53 bits per heavy atom. The molecule has 5 heteroatoms. The van der Waals surface area contributed by atoms with Crippen LogP contribution in [-0.4, -0.2) is 33.9 Å². The van der Waals surface area contributed by atoms with Gasteiger partial charge in [0.2, 0.25) is 5.91 Å². The minimum absolute atomic E-state index is 0.177. The van der Waals surface area contributed by atoms with Crippen LogP contribution in [0.3, 0.4) is 0 Å². The quantitative estimate of drug-likeness (QED) is 0.839. The van der Waals surface area contributed by atoms with Gasteiger partial charge in [0.25, 0.3) is 0 Å². The summed E-state index contributed by atoms with van der Waals surface area (Å²) < 4.78 is 0.759. The number of amides is 1. The van der Waals surface area contributed by atoms with E-state index in [1.807, 2.05) is 4.90 Å². The first kappa shape index (κ1) is 12.5. The van der Waals surface area contributed by atoms with Gasteiger partial charge in [0, 0.05) is 26.2 Å². The molecule has 17 heavy (non-hydrogen) atoms. The second-order valence-electron chi connectivity index (χ2n) is 4.51. The van der Waals surface area contributed by atoms with Crippen molar-refractivity contribution >= 4 is 21.8 Å². The number of halogens is 1. The molecule has 0 aliphatic carbocycles. The van der Waals surface area contributed by atoms with Gasteiger partial charge in [0.15, 0.2) is 0 Å². The standard InChI is InChI=1S/C12H16BrN3O/c1-9(17)16-4-2-3-10(8-16)5-11-6-15-12(13)7-14-11/h6-7,10H,2-5,8H2,1H3/t10-/m1/s1. The van der Waals surface area contributed by atoms with E-state index in [-0.39, 0.29) is 5.91 Å². The molecule has 1 amide bonds. The fourth-order valence-electron chi connectivity index (χ4n) is 2.26. The van der Waals surface area contributed by atoms with E-state index in [1.165, 1.54) is 6.42 Å². The molecule has 1 aromatic rings. The molecule has 0 unspecified atom stereocenters. The predicted molar refractivity (Wildman–Crippen MR) is 68.4 cm³/mol. The molecule has 2 heterocycles. The van der Waals surface area contributed by atoms with Crippen molar-refractivity contribution in [3.63, 3.8) is 0 Å². The third-order valence-corrected chi connectivity index (χ3v) is 3.55. The Labute approximate surface area is 110 Å². The monoisotopic (exact) mass is 297 g/mol. The van der Waals surface area contributed by atoms with Crippen LogP contribution in [0.5, 0.6) is 0 Å². The first-order valence-electron chi connectivity index (χ1n) is 5.87. The minimum Gasteiger partial charge on any atom is -0.343 e. The molecular formula is C12H16BrN3O. The molecule has 0 aromatic carbocycles. The molecule has 0 radical (unpaired) electrons. The zero-order valence-electron chi connectivity index (χ0n) is 9.90. The number of piperidine rings is 1. The molecule has 1 saturated heterocycles.